The second-order valence-corrected chi connectivity index (χ2v) is 3.41. The lowest BCUT2D eigenvalue weighted by atomic mass is 10.2. The van der Waals surface area contributed by atoms with Crippen LogP contribution in [0.5, 0.6) is 0 Å². The molecule has 0 saturated carbocycles. The van der Waals surface area contributed by atoms with Crippen LogP contribution in [0, 0.1) is 0 Å². The number of ether oxygens (including phenoxy) is 2. The fourth-order valence-electron chi connectivity index (χ4n) is 1.10. The Morgan fingerprint density at radius 3 is 2.36 bits per heavy atom. The van der Waals surface area contributed by atoms with Crippen LogP contribution in [-0.4, -0.2) is 39.6 Å². The number of hydrogen-bond donors (Lipinski definition) is 2. The first-order valence-corrected chi connectivity index (χ1v) is 4.77. The minimum Gasteiger partial charge on any atom is -0.356 e. The van der Waals surface area contributed by atoms with Crippen molar-refractivity contribution in [3.05, 3.63) is 12.2 Å². The van der Waals surface area contributed by atoms with Gasteiger partial charge >= 0.3 is 0 Å². The molecule has 0 aliphatic carbocycles. The van der Waals surface area contributed by atoms with E-state index in [1.807, 2.05) is 6.92 Å². The molecule has 4 heteroatoms. The van der Waals surface area contributed by atoms with E-state index in [0.717, 1.165) is 18.5 Å². The number of nitrogens with one attached hydrogen (secondary N) is 1. The standard InChI is InChI=1S/C10H22N2O2/c1-8(2)7-12-9(6-11)5-10(13-3)14-4/h9-10,12H,1,5-7,11H2,2-4H3. The van der Waals surface area contributed by atoms with Crippen LogP contribution in [0.1, 0.15) is 13.3 Å². The lowest BCUT2D eigenvalue weighted by Crippen LogP contribution is -2.40. The lowest BCUT2D eigenvalue weighted by Gasteiger charge is -2.21. The Hall–Kier alpha value is -0.420. The second kappa shape index (κ2) is 7.94. The van der Waals surface area contributed by atoms with Gasteiger partial charge in [-0.2, -0.15) is 0 Å². The summed E-state index contributed by atoms with van der Waals surface area (Å²) < 4.78 is 10.2. The Kier molecular flexibility index (Phi) is 7.70. The summed E-state index contributed by atoms with van der Waals surface area (Å²) in [6.45, 7) is 7.14. The van der Waals surface area contributed by atoms with E-state index in [1.165, 1.54) is 0 Å². The van der Waals surface area contributed by atoms with Crippen LogP contribution in [0.25, 0.3) is 0 Å². The number of hydrogen-bond acceptors (Lipinski definition) is 4. The normalized spacial score (nSPS) is 13.2. The summed E-state index contributed by atoms with van der Waals surface area (Å²) in [4.78, 5) is 0. The minimum atomic E-state index is -0.193. The van der Waals surface area contributed by atoms with Gasteiger partial charge in [0.05, 0.1) is 0 Å². The molecule has 0 radical (unpaired) electrons. The van der Waals surface area contributed by atoms with E-state index in [1.54, 1.807) is 14.2 Å². The van der Waals surface area contributed by atoms with Crippen molar-refractivity contribution in [2.24, 2.45) is 5.73 Å². The fraction of sp³-hybridized carbons (Fsp3) is 0.800. The van der Waals surface area contributed by atoms with Crippen LogP contribution >= 0.6 is 0 Å². The quantitative estimate of drug-likeness (QED) is 0.444. The van der Waals surface area contributed by atoms with Gasteiger partial charge < -0.3 is 20.5 Å². The molecular formula is C10H22N2O2. The largest absolute Gasteiger partial charge is 0.356 e. The highest BCUT2D eigenvalue weighted by atomic mass is 16.7. The van der Waals surface area contributed by atoms with Gasteiger partial charge in [0.1, 0.15) is 0 Å². The number of nitrogens with two attached hydrogens (primary N) is 1. The van der Waals surface area contributed by atoms with E-state index in [2.05, 4.69) is 11.9 Å². The van der Waals surface area contributed by atoms with E-state index in [9.17, 15) is 0 Å². The van der Waals surface area contributed by atoms with Crippen LogP contribution in [0.15, 0.2) is 12.2 Å². The predicted octanol–water partition coefficient (Wildman–Crippen LogP) is 0.488. The molecule has 0 aromatic rings. The van der Waals surface area contributed by atoms with Gasteiger partial charge in [0.15, 0.2) is 6.29 Å². The maximum atomic E-state index is 5.61. The van der Waals surface area contributed by atoms with Gasteiger partial charge in [0.25, 0.3) is 0 Å². The van der Waals surface area contributed by atoms with Crippen molar-refractivity contribution in [3.8, 4) is 0 Å². The molecule has 1 unspecified atom stereocenters. The maximum absolute atomic E-state index is 5.61. The summed E-state index contributed by atoms with van der Waals surface area (Å²) in [5.41, 5.74) is 6.71. The van der Waals surface area contributed by atoms with Gasteiger partial charge in [-0.3, -0.25) is 0 Å². The summed E-state index contributed by atoms with van der Waals surface area (Å²) in [5.74, 6) is 0. The average molecular weight is 202 g/mol. The molecule has 1 atom stereocenters. The Morgan fingerprint density at radius 2 is 2.00 bits per heavy atom. The van der Waals surface area contributed by atoms with Crippen molar-refractivity contribution < 1.29 is 9.47 Å². The molecule has 3 N–H and O–H groups in total. The molecule has 14 heavy (non-hydrogen) atoms. The van der Waals surface area contributed by atoms with Crippen LogP contribution in [0.3, 0.4) is 0 Å². The molecule has 84 valence electrons. The Labute approximate surface area is 86.5 Å². The second-order valence-electron chi connectivity index (χ2n) is 3.41. The van der Waals surface area contributed by atoms with Gasteiger partial charge in [-0.25, -0.2) is 0 Å². The summed E-state index contributed by atoms with van der Waals surface area (Å²) in [7, 11) is 3.25. The van der Waals surface area contributed by atoms with Gasteiger partial charge in [0.2, 0.25) is 0 Å². The van der Waals surface area contributed by atoms with E-state index >= 15 is 0 Å². The highest BCUT2D eigenvalue weighted by molar-refractivity contribution is 4.92. The third-order valence-corrected chi connectivity index (χ3v) is 1.98. The van der Waals surface area contributed by atoms with Crippen molar-refractivity contribution in [1.82, 2.24) is 5.32 Å². The highest BCUT2D eigenvalue weighted by Gasteiger charge is 2.13. The van der Waals surface area contributed by atoms with Crippen molar-refractivity contribution in [1.29, 1.82) is 0 Å². The summed E-state index contributed by atoms with van der Waals surface area (Å²) >= 11 is 0. The summed E-state index contributed by atoms with van der Waals surface area (Å²) in [6.07, 6.45) is 0.553. The van der Waals surface area contributed by atoms with Crippen molar-refractivity contribution in [2.45, 2.75) is 25.7 Å². The molecule has 4 nitrogen and oxygen atoms in total. The van der Waals surface area contributed by atoms with Crippen molar-refractivity contribution >= 4 is 0 Å². The van der Waals surface area contributed by atoms with E-state index in [-0.39, 0.29) is 12.3 Å². The maximum Gasteiger partial charge on any atom is 0.158 e. The van der Waals surface area contributed by atoms with Gasteiger partial charge in [0, 0.05) is 39.8 Å². The SMILES string of the molecule is C=C(C)CNC(CN)CC(OC)OC. The van der Waals surface area contributed by atoms with Gasteiger partial charge in [-0.1, -0.05) is 12.2 Å². The van der Waals surface area contributed by atoms with E-state index in [4.69, 9.17) is 15.2 Å². The summed E-state index contributed by atoms with van der Waals surface area (Å²) in [5, 5.41) is 3.28. The zero-order valence-corrected chi connectivity index (χ0v) is 9.38. The van der Waals surface area contributed by atoms with Gasteiger partial charge in [-0.15, -0.1) is 0 Å². The minimum absolute atomic E-state index is 0.193. The first kappa shape index (κ1) is 13.6. The highest BCUT2D eigenvalue weighted by Crippen LogP contribution is 2.02. The monoisotopic (exact) mass is 202 g/mol. The Bertz CT molecular complexity index is 158. The van der Waals surface area contributed by atoms with Crippen molar-refractivity contribution in [2.75, 3.05) is 27.3 Å². The predicted molar refractivity (Wildman–Crippen MR) is 58.1 cm³/mol. The molecule has 0 aliphatic heterocycles. The molecule has 0 spiro atoms. The lowest BCUT2D eigenvalue weighted by molar-refractivity contribution is -0.110. The number of rotatable bonds is 8. The molecule has 0 fully saturated rings. The zero-order valence-electron chi connectivity index (χ0n) is 9.38. The molecule has 0 rings (SSSR count). The molecule has 0 heterocycles. The fourth-order valence-corrected chi connectivity index (χ4v) is 1.10. The average Bonchev–Trinajstić information content (AvgIpc) is 2.18. The first-order valence-electron chi connectivity index (χ1n) is 4.77. The smallest absolute Gasteiger partial charge is 0.158 e. The number of methoxy groups -OCH3 is 2. The van der Waals surface area contributed by atoms with Gasteiger partial charge in [-0.05, 0) is 6.92 Å². The van der Waals surface area contributed by atoms with Crippen molar-refractivity contribution in [3.63, 3.8) is 0 Å². The zero-order chi connectivity index (χ0) is 11.0. The third kappa shape index (κ3) is 6.10. The van der Waals surface area contributed by atoms with E-state index < -0.39 is 0 Å². The summed E-state index contributed by atoms with van der Waals surface area (Å²) in [6, 6.07) is 0.205. The molecule has 0 saturated heterocycles. The molecular weight excluding hydrogens is 180 g/mol. The molecule has 0 amide bonds. The Morgan fingerprint density at radius 1 is 1.43 bits per heavy atom. The topological polar surface area (TPSA) is 56.5 Å². The molecule has 0 aliphatic rings. The first-order chi connectivity index (χ1) is 6.63. The van der Waals surface area contributed by atoms with Crippen LogP contribution in [0.4, 0.5) is 0 Å². The van der Waals surface area contributed by atoms with E-state index in [0.29, 0.717) is 6.54 Å². The van der Waals surface area contributed by atoms with Crippen LogP contribution < -0.4 is 11.1 Å². The Balaban J connectivity index is 3.82. The molecule has 0 bridgehead atoms. The molecule has 0 aromatic heterocycles. The molecule has 0 aromatic carbocycles. The van der Waals surface area contributed by atoms with Crippen LogP contribution in [0.2, 0.25) is 0 Å². The van der Waals surface area contributed by atoms with Crippen LogP contribution in [-0.2, 0) is 9.47 Å². The third-order valence-electron chi connectivity index (χ3n) is 1.98.